The van der Waals surface area contributed by atoms with Gasteiger partial charge in [-0.05, 0) is 52.2 Å². The lowest BCUT2D eigenvalue weighted by Gasteiger charge is -2.31. The first-order valence-corrected chi connectivity index (χ1v) is 11.0. The van der Waals surface area contributed by atoms with Crippen molar-refractivity contribution in [1.29, 1.82) is 0 Å². The summed E-state index contributed by atoms with van der Waals surface area (Å²) in [7, 11) is 0. The van der Waals surface area contributed by atoms with Gasteiger partial charge in [0.25, 0.3) is 0 Å². The summed E-state index contributed by atoms with van der Waals surface area (Å²) in [4.78, 5) is 24.9. The minimum absolute atomic E-state index is 0.0175. The molecule has 2 rings (SSSR count). The molecule has 0 bridgehead atoms. The number of para-hydroxylation sites is 1. The van der Waals surface area contributed by atoms with Crippen molar-refractivity contribution in [2.24, 2.45) is 11.8 Å². The van der Waals surface area contributed by atoms with Crippen LogP contribution in [0.2, 0.25) is 0 Å². The summed E-state index contributed by atoms with van der Waals surface area (Å²) < 4.78 is 23.1. The van der Waals surface area contributed by atoms with Crippen LogP contribution in [0.1, 0.15) is 54.4 Å². The molecule has 1 aromatic rings. The standard InChI is InChI=1S/C24H37NO6/c1-16(2)12-13-19-17(3)29-22(26)20(25-23(27)31-24(4,5)6)14-28-15-21(19)30-18-10-8-7-9-11-18/h7-11,16-17,19-21H,12-15H2,1-6H3,(H,25,27). The zero-order valence-electron chi connectivity index (χ0n) is 19.6. The summed E-state index contributed by atoms with van der Waals surface area (Å²) >= 11 is 0. The van der Waals surface area contributed by atoms with Gasteiger partial charge in [-0.3, -0.25) is 0 Å². The Morgan fingerprint density at radius 3 is 2.48 bits per heavy atom. The molecule has 1 aliphatic heterocycles. The lowest BCUT2D eigenvalue weighted by molar-refractivity contribution is -0.154. The molecule has 4 unspecified atom stereocenters. The summed E-state index contributed by atoms with van der Waals surface area (Å²) in [5.74, 6) is 0.669. The number of alkyl carbamates (subject to hydrolysis) is 1. The highest BCUT2D eigenvalue weighted by atomic mass is 16.6. The second-order valence-corrected chi connectivity index (χ2v) is 9.48. The SMILES string of the molecule is CC(C)CCC1C(C)OC(=O)C(NC(=O)OC(C)(C)C)COCC1Oc1ccccc1. The van der Waals surface area contributed by atoms with E-state index in [1.807, 2.05) is 37.3 Å². The molecule has 0 aromatic heterocycles. The van der Waals surface area contributed by atoms with Crippen molar-refractivity contribution in [2.75, 3.05) is 13.2 Å². The highest BCUT2D eigenvalue weighted by Crippen LogP contribution is 2.27. The fourth-order valence-electron chi connectivity index (χ4n) is 3.44. The first kappa shape index (κ1) is 25.0. The first-order chi connectivity index (χ1) is 14.5. The van der Waals surface area contributed by atoms with Gasteiger partial charge >= 0.3 is 12.1 Å². The largest absolute Gasteiger partial charge is 0.488 e. The van der Waals surface area contributed by atoms with Gasteiger partial charge in [0.1, 0.15) is 23.6 Å². The van der Waals surface area contributed by atoms with Crippen molar-refractivity contribution in [1.82, 2.24) is 5.32 Å². The zero-order valence-corrected chi connectivity index (χ0v) is 19.6. The van der Waals surface area contributed by atoms with Gasteiger partial charge in [0.05, 0.1) is 13.2 Å². The summed E-state index contributed by atoms with van der Waals surface area (Å²) in [6.45, 7) is 11.8. The number of rotatable bonds is 6. The third-order valence-corrected chi connectivity index (χ3v) is 5.03. The highest BCUT2D eigenvalue weighted by molar-refractivity contribution is 5.81. The Morgan fingerprint density at radius 2 is 1.87 bits per heavy atom. The molecule has 7 heteroatoms. The van der Waals surface area contributed by atoms with Crippen molar-refractivity contribution in [2.45, 2.75) is 78.2 Å². The van der Waals surface area contributed by atoms with Gasteiger partial charge in [0.2, 0.25) is 0 Å². The number of esters is 1. The number of hydrogen-bond acceptors (Lipinski definition) is 6. The summed E-state index contributed by atoms with van der Waals surface area (Å²) in [5, 5.41) is 2.57. The molecule has 1 aromatic carbocycles. The predicted octanol–water partition coefficient (Wildman–Crippen LogP) is 4.34. The van der Waals surface area contributed by atoms with Gasteiger partial charge in [-0.25, -0.2) is 9.59 Å². The van der Waals surface area contributed by atoms with Crippen LogP contribution in [-0.4, -0.2) is 49.1 Å². The van der Waals surface area contributed by atoms with Gasteiger partial charge in [-0.15, -0.1) is 0 Å². The van der Waals surface area contributed by atoms with Crippen molar-refractivity contribution in [3.8, 4) is 5.75 Å². The maximum absolute atomic E-state index is 12.8. The fourth-order valence-corrected chi connectivity index (χ4v) is 3.44. The maximum atomic E-state index is 12.8. The van der Waals surface area contributed by atoms with E-state index in [0.29, 0.717) is 5.92 Å². The van der Waals surface area contributed by atoms with Crippen LogP contribution in [0.15, 0.2) is 30.3 Å². The third kappa shape index (κ3) is 8.77. The Labute approximate surface area is 185 Å². The van der Waals surface area contributed by atoms with E-state index in [1.165, 1.54) is 0 Å². The minimum Gasteiger partial charge on any atom is -0.488 e. The quantitative estimate of drug-likeness (QED) is 0.669. The average molecular weight is 436 g/mol. The molecule has 0 aliphatic carbocycles. The van der Waals surface area contributed by atoms with Crippen molar-refractivity contribution in [3.05, 3.63) is 30.3 Å². The topological polar surface area (TPSA) is 83.1 Å². The molecular weight excluding hydrogens is 398 g/mol. The number of carbonyl (C=O) groups is 2. The van der Waals surface area contributed by atoms with E-state index in [2.05, 4.69) is 19.2 Å². The van der Waals surface area contributed by atoms with E-state index in [1.54, 1.807) is 20.8 Å². The van der Waals surface area contributed by atoms with Crippen LogP contribution in [0.5, 0.6) is 5.75 Å². The molecule has 31 heavy (non-hydrogen) atoms. The van der Waals surface area contributed by atoms with Crippen LogP contribution in [0, 0.1) is 11.8 Å². The van der Waals surface area contributed by atoms with Gasteiger partial charge in [-0.1, -0.05) is 38.5 Å². The van der Waals surface area contributed by atoms with E-state index < -0.39 is 29.8 Å². The highest BCUT2D eigenvalue weighted by Gasteiger charge is 2.36. The molecule has 0 spiro atoms. The van der Waals surface area contributed by atoms with Crippen LogP contribution in [0.4, 0.5) is 4.79 Å². The number of cyclic esters (lactones) is 1. The van der Waals surface area contributed by atoms with Crippen LogP contribution >= 0.6 is 0 Å². The summed E-state index contributed by atoms with van der Waals surface area (Å²) in [6, 6.07) is 8.61. The lowest BCUT2D eigenvalue weighted by Crippen LogP contribution is -2.47. The summed E-state index contributed by atoms with van der Waals surface area (Å²) in [6.07, 6.45) is 0.435. The molecule has 1 amide bonds. The average Bonchev–Trinajstić information content (AvgIpc) is 2.70. The van der Waals surface area contributed by atoms with Crippen LogP contribution < -0.4 is 10.1 Å². The van der Waals surface area contributed by atoms with Crippen molar-refractivity contribution in [3.63, 3.8) is 0 Å². The molecule has 1 N–H and O–H groups in total. The van der Waals surface area contributed by atoms with Gasteiger partial charge in [0, 0.05) is 5.92 Å². The molecular formula is C24H37NO6. The molecule has 1 aliphatic rings. The van der Waals surface area contributed by atoms with Crippen LogP contribution in [0.25, 0.3) is 0 Å². The van der Waals surface area contributed by atoms with Crippen molar-refractivity contribution < 1.29 is 28.5 Å². The Hall–Kier alpha value is -2.28. The maximum Gasteiger partial charge on any atom is 0.408 e. The molecule has 1 saturated heterocycles. The van der Waals surface area contributed by atoms with Crippen LogP contribution in [-0.2, 0) is 19.0 Å². The van der Waals surface area contributed by atoms with Crippen molar-refractivity contribution >= 4 is 12.1 Å². The number of hydrogen-bond donors (Lipinski definition) is 1. The second kappa shape index (κ2) is 11.4. The van der Waals surface area contributed by atoms with E-state index in [-0.39, 0.29) is 25.2 Å². The molecule has 4 atom stereocenters. The number of benzene rings is 1. The van der Waals surface area contributed by atoms with E-state index in [0.717, 1.165) is 18.6 Å². The van der Waals surface area contributed by atoms with E-state index in [4.69, 9.17) is 18.9 Å². The Bertz CT molecular complexity index is 700. The fraction of sp³-hybridized carbons (Fsp3) is 0.667. The Balaban J connectivity index is 2.15. The van der Waals surface area contributed by atoms with E-state index in [9.17, 15) is 9.59 Å². The molecule has 7 nitrogen and oxygen atoms in total. The van der Waals surface area contributed by atoms with Gasteiger partial charge < -0.3 is 24.3 Å². The molecule has 174 valence electrons. The van der Waals surface area contributed by atoms with Crippen LogP contribution in [0.3, 0.4) is 0 Å². The third-order valence-electron chi connectivity index (χ3n) is 5.03. The van der Waals surface area contributed by atoms with Gasteiger partial charge in [-0.2, -0.15) is 0 Å². The summed E-state index contributed by atoms with van der Waals surface area (Å²) in [5.41, 5.74) is -0.669. The number of ether oxygens (including phenoxy) is 4. The molecule has 1 fully saturated rings. The zero-order chi connectivity index (χ0) is 23.0. The first-order valence-electron chi connectivity index (χ1n) is 11.0. The predicted molar refractivity (Wildman–Crippen MR) is 118 cm³/mol. The molecule has 1 heterocycles. The normalized spacial score (nSPS) is 25.1. The monoisotopic (exact) mass is 435 g/mol. The number of nitrogens with one attached hydrogen (secondary N) is 1. The Morgan fingerprint density at radius 1 is 1.19 bits per heavy atom. The molecule has 0 radical (unpaired) electrons. The second-order valence-electron chi connectivity index (χ2n) is 9.48. The Kier molecular flexibility index (Phi) is 9.16. The number of carbonyl (C=O) groups excluding carboxylic acids is 2. The minimum atomic E-state index is -0.946. The van der Waals surface area contributed by atoms with Gasteiger partial charge in [0.15, 0.2) is 6.04 Å². The van der Waals surface area contributed by atoms with E-state index >= 15 is 0 Å². The lowest BCUT2D eigenvalue weighted by atomic mass is 9.89. The smallest absolute Gasteiger partial charge is 0.408 e. The molecule has 0 saturated carbocycles. The number of amides is 1.